The van der Waals surface area contributed by atoms with Gasteiger partial charge in [-0.1, -0.05) is 0 Å². The summed E-state index contributed by atoms with van der Waals surface area (Å²) in [5, 5.41) is 10.8. The third-order valence-electron chi connectivity index (χ3n) is 2.43. The predicted octanol–water partition coefficient (Wildman–Crippen LogP) is -0.349. The van der Waals surface area contributed by atoms with E-state index >= 15 is 0 Å². The van der Waals surface area contributed by atoms with Crippen LogP contribution >= 0.6 is 0 Å². The van der Waals surface area contributed by atoms with Crippen molar-refractivity contribution in [3.05, 3.63) is 21.6 Å². The molecule has 0 saturated carbocycles. The van der Waals surface area contributed by atoms with E-state index in [1.165, 1.54) is 0 Å². The van der Waals surface area contributed by atoms with Crippen molar-refractivity contribution in [2.75, 3.05) is 18.9 Å². The molecule has 15 heavy (non-hydrogen) atoms. The maximum atomic E-state index is 11.6. The largest absolute Gasteiger partial charge is 0.301 e. The number of likely N-dealkylation sites (N-methyl/N-ethyl adjacent to an activating group) is 1. The summed E-state index contributed by atoms with van der Waals surface area (Å²) in [7, 11) is 1.96. The van der Waals surface area contributed by atoms with Gasteiger partial charge in [0, 0.05) is 19.5 Å². The Bertz CT molecular complexity index is 472. The summed E-state index contributed by atoms with van der Waals surface area (Å²) in [6.07, 6.45) is 2.48. The number of rotatable bonds is 1. The third kappa shape index (κ3) is 1.82. The van der Waals surface area contributed by atoms with Crippen molar-refractivity contribution in [3.8, 4) is 6.19 Å². The van der Waals surface area contributed by atoms with E-state index in [2.05, 4.69) is 20.2 Å². The Labute approximate surface area is 86.6 Å². The molecule has 2 N–H and O–H groups in total. The van der Waals surface area contributed by atoms with Crippen LogP contribution in [0.5, 0.6) is 0 Å². The van der Waals surface area contributed by atoms with Gasteiger partial charge in [-0.3, -0.25) is 15.1 Å². The molecular formula is C9H11N5O. The molecule has 0 aromatic carbocycles. The number of aromatic nitrogens is 2. The zero-order valence-corrected chi connectivity index (χ0v) is 8.37. The average Bonchev–Trinajstić information content (AvgIpc) is 2.20. The zero-order valence-electron chi connectivity index (χ0n) is 8.37. The summed E-state index contributed by atoms with van der Waals surface area (Å²) in [5.41, 5.74) is 1.33. The number of nitrogens with one attached hydrogen (secondary N) is 2. The molecule has 1 aromatic rings. The van der Waals surface area contributed by atoms with E-state index in [0.717, 1.165) is 18.7 Å². The molecule has 0 aliphatic carbocycles. The molecule has 0 spiro atoms. The fourth-order valence-electron chi connectivity index (χ4n) is 1.67. The summed E-state index contributed by atoms with van der Waals surface area (Å²) in [4.78, 5) is 20.4. The minimum Gasteiger partial charge on any atom is -0.301 e. The molecule has 0 fully saturated rings. The normalized spacial score (nSPS) is 15.5. The first-order chi connectivity index (χ1) is 7.20. The van der Waals surface area contributed by atoms with Crippen LogP contribution in [0.25, 0.3) is 0 Å². The summed E-state index contributed by atoms with van der Waals surface area (Å²) < 4.78 is 0. The van der Waals surface area contributed by atoms with Gasteiger partial charge in [0.2, 0.25) is 5.95 Å². The van der Waals surface area contributed by atoms with Crippen LogP contribution in [0.2, 0.25) is 0 Å². The SMILES string of the molecule is CN1CCc2nc(NC#N)[nH]c(=O)c2C1. The molecule has 1 aliphatic rings. The summed E-state index contributed by atoms with van der Waals surface area (Å²) >= 11 is 0. The van der Waals surface area contributed by atoms with Gasteiger partial charge in [0.05, 0.1) is 11.3 Å². The Morgan fingerprint density at radius 2 is 2.47 bits per heavy atom. The second kappa shape index (κ2) is 3.71. The minimum atomic E-state index is -0.163. The molecule has 0 amide bonds. The Morgan fingerprint density at radius 3 is 3.20 bits per heavy atom. The lowest BCUT2D eigenvalue weighted by Crippen LogP contribution is -2.33. The molecule has 2 rings (SSSR count). The second-order valence-electron chi connectivity index (χ2n) is 3.56. The predicted molar refractivity (Wildman–Crippen MR) is 54.1 cm³/mol. The standard InChI is InChI=1S/C9H11N5O/c1-14-3-2-7-6(4-14)8(15)13-9(12-7)11-5-10/h2-4H2,1H3,(H2,11,12,13,15). The van der Waals surface area contributed by atoms with Crippen LogP contribution in [-0.4, -0.2) is 28.5 Å². The molecule has 6 nitrogen and oxygen atoms in total. The third-order valence-corrected chi connectivity index (χ3v) is 2.43. The molecule has 0 atom stereocenters. The molecule has 6 heteroatoms. The summed E-state index contributed by atoms with van der Waals surface area (Å²) in [6.45, 7) is 1.50. The van der Waals surface area contributed by atoms with Crippen molar-refractivity contribution in [1.82, 2.24) is 14.9 Å². The molecule has 0 radical (unpaired) electrons. The topological polar surface area (TPSA) is 84.8 Å². The van der Waals surface area contributed by atoms with E-state index in [-0.39, 0.29) is 11.5 Å². The number of H-pyrrole nitrogens is 1. The molecule has 78 valence electrons. The molecule has 1 aliphatic heterocycles. The Hall–Kier alpha value is -1.87. The highest BCUT2D eigenvalue weighted by Crippen LogP contribution is 2.12. The molecular weight excluding hydrogens is 194 g/mol. The lowest BCUT2D eigenvalue weighted by Gasteiger charge is -2.23. The molecule has 2 heterocycles. The van der Waals surface area contributed by atoms with Gasteiger partial charge in [0.1, 0.15) is 0 Å². The van der Waals surface area contributed by atoms with Crippen molar-refractivity contribution >= 4 is 5.95 Å². The highest BCUT2D eigenvalue weighted by molar-refractivity contribution is 5.34. The van der Waals surface area contributed by atoms with Crippen molar-refractivity contribution in [1.29, 1.82) is 5.26 Å². The lowest BCUT2D eigenvalue weighted by molar-refractivity contribution is 0.308. The quantitative estimate of drug-likeness (QED) is 0.483. The Balaban J connectivity index is 2.44. The maximum Gasteiger partial charge on any atom is 0.257 e. The number of nitrogens with zero attached hydrogens (tertiary/aromatic N) is 3. The van der Waals surface area contributed by atoms with E-state index in [0.29, 0.717) is 12.1 Å². The highest BCUT2D eigenvalue weighted by Gasteiger charge is 2.18. The highest BCUT2D eigenvalue weighted by atomic mass is 16.1. The number of anilines is 1. The second-order valence-corrected chi connectivity index (χ2v) is 3.56. The van der Waals surface area contributed by atoms with Gasteiger partial charge in [-0.2, -0.15) is 5.26 Å². The van der Waals surface area contributed by atoms with Crippen molar-refractivity contribution in [3.63, 3.8) is 0 Å². The van der Waals surface area contributed by atoms with Crippen LogP contribution in [-0.2, 0) is 13.0 Å². The van der Waals surface area contributed by atoms with Gasteiger partial charge < -0.3 is 4.90 Å². The molecule has 1 aromatic heterocycles. The number of hydrogen-bond acceptors (Lipinski definition) is 5. The van der Waals surface area contributed by atoms with E-state index in [1.807, 2.05) is 7.05 Å². The van der Waals surface area contributed by atoms with E-state index < -0.39 is 0 Å². The average molecular weight is 205 g/mol. The lowest BCUT2D eigenvalue weighted by atomic mass is 10.1. The fraction of sp³-hybridized carbons (Fsp3) is 0.444. The molecule has 0 unspecified atom stereocenters. The number of nitriles is 1. The fourth-order valence-corrected chi connectivity index (χ4v) is 1.67. The monoisotopic (exact) mass is 205 g/mol. The van der Waals surface area contributed by atoms with Crippen LogP contribution in [0.3, 0.4) is 0 Å². The van der Waals surface area contributed by atoms with Crippen LogP contribution in [0.4, 0.5) is 5.95 Å². The number of aromatic amines is 1. The van der Waals surface area contributed by atoms with Gasteiger partial charge >= 0.3 is 0 Å². The van der Waals surface area contributed by atoms with E-state index in [9.17, 15) is 4.79 Å². The summed E-state index contributed by atoms with van der Waals surface area (Å²) in [5.74, 6) is 0.228. The zero-order chi connectivity index (χ0) is 10.8. The number of fused-ring (bicyclic) bond motifs is 1. The summed E-state index contributed by atoms with van der Waals surface area (Å²) in [6, 6.07) is 0. The van der Waals surface area contributed by atoms with Crippen molar-refractivity contribution < 1.29 is 0 Å². The first kappa shape index (κ1) is 9.68. The van der Waals surface area contributed by atoms with Gasteiger partial charge in [-0.05, 0) is 7.05 Å². The van der Waals surface area contributed by atoms with Gasteiger partial charge in [0.15, 0.2) is 6.19 Å². The van der Waals surface area contributed by atoms with Gasteiger partial charge in [0.25, 0.3) is 5.56 Å². The van der Waals surface area contributed by atoms with E-state index in [4.69, 9.17) is 5.26 Å². The van der Waals surface area contributed by atoms with Crippen LogP contribution in [0.15, 0.2) is 4.79 Å². The minimum absolute atomic E-state index is 0.163. The van der Waals surface area contributed by atoms with Crippen molar-refractivity contribution in [2.45, 2.75) is 13.0 Å². The maximum absolute atomic E-state index is 11.6. The first-order valence-electron chi connectivity index (χ1n) is 4.66. The number of hydrogen-bond donors (Lipinski definition) is 2. The van der Waals surface area contributed by atoms with E-state index in [1.54, 1.807) is 6.19 Å². The van der Waals surface area contributed by atoms with Gasteiger partial charge in [-0.25, -0.2) is 4.98 Å². The Morgan fingerprint density at radius 1 is 1.67 bits per heavy atom. The van der Waals surface area contributed by atoms with Crippen LogP contribution in [0, 0.1) is 11.5 Å². The Kier molecular flexibility index (Phi) is 2.39. The van der Waals surface area contributed by atoms with Crippen LogP contribution in [0.1, 0.15) is 11.3 Å². The molecule has 0 saturated heterocycles. The molecule has 0 bridgehead atoms. The first-order valence-corrected chi connectivity index (χ1v) is 4.66. The van der Waals surface area contributed by atoms with Gasteiger partial charge in [-0.15, -0.1) is 0 Å². The van der Waals surface area contributed by atoms with Crippen molar-refractivity contribution in [2.24, 2.45) is 0 Å². The van der Waals surface area contributed by atoms with Crippen LogP contribution < -0.4 is 10.9 Å². The smallest absolute Gasteiger partial charge is 0.257 e.